The summed E-state index contributed by atoms with van der Waals surface area (Å²) in [4.78, 5) is 19.0. The van der Waals surface area contributed by atoms with E-state index in [4.69, 9.17) is 14.2 Å². The summed E-state index contributed by atoms with van der Waals surface area (Å²) in [6.07, 6.45) is 0. The number of nitrogens with one attached hydrogen (secondary N) is 1. The average molecular weight is 414 g/mol. The summed E-state index contributed by atoms with van der Waals surface area (Å²) >= 11 is 0. The molecule has 1 saturated heterocycles. The number of fused-ring (bicyclic) bond motifs is 1. The number of anilines is 1. The summed E-state index contributed by atoms with van der Waals surface area (Å²) < 4.78 is 32.2. The van der Waals surface area contributed by atoms with Gasteiger partial charge in [0.2, 0.25) is 0 Å². The zero-order chi connectivity index (χ0) is 20.9. The van der Waals surface area contributed by atoms with E-state index < -0.39 is 11.8 Å². The Morgan fingerprint density at radius 3 is 2.73 bits per heavy atom. The van der Waals surface area contributed by atoms with Crippen LogP contribution in [0.3, 0.4) is 0 Å². The summed E-state index contributed by atoms with van der Waals surface area (Å²) in [5, 5.41) is 2.75. The SMILES string of the molecule is COc1nc2cc(N3CCOCC3)c(F)cc2n1C(=O)NCCOc1ccccc1. The van der Waals surface area contributed by atoms with E-state index >= 15 is 0 Å². The standard InChI is InChI=1S/C21H23FN4O4/c1-28-21-24-17-14-18(25-8-11-29-12-9-25)16(22)13-19(17)26(21)20(27)23-7-10-30-15-5-3-2-4-6-15/h2-6,13-14H,7-12H2,1H3,(H,23,27). The van der Waals surface area contributed by atoms with Crippen LogP contribution in [-0.4, -0.2) is 62.1 Å². The molecular formula is C21H23FN4O4. The Kier molecular flexibility index (Phi) is 5.99. The fourth-order valence-corrected chi connectivity index (χ4v) is 3.37. The first-order valence-electron chi connectivity index (χ1n) is 9.72. The minimum absolute atomic E-state index is 0.0880. The lowest BCUT2D eigenvalue weighted by Crippen LogP contribution is -2.36. The molecule has 4 rings (SSSR count). The average Bonchev–Trinajstić information content (AvgIpc) is 3.15. The first kappa shape index (κ1) is 20.0. The summed E-state index contributed by atoms with van der Waals surface area (Å²) in [5.41, 5.74) is 1.25. The van der Waals surface area contributed by atoms with Crippen molar-refractivity contribution in [3.63, 3.8) is 0 Å². The largest absolute Gasteiger partial charge is 0.492 e. The molecule has 1 amide bonds. The van der Waals surface area contributed by atoms with Crippen LogP contribution in [0.2, 0.25) is 0 Å². The minimum atomic E-state index is -0.468. The molecule has 0 saturated carbocycles. The van der Waals surface area contributed by atoms with Crippen LogP contribution < -0.4 is 19.7 Å². The molecule has 0 unspecified atom stereocenters. The summed E-state index contributed by atoms with van der Waals surface area (Å²) in [6.45, 7) is 2.85. The van der Waals surface area contributed by atoms with Crippen molar-refractivity contribution < 1.29 is 23.4 Å². The lowest BCUT2D eigenvalue weighted by atomic mass is 10.2. The first-order chi connectivity index (χ1) is 14.7. The molecule has 0 aliphatic carbocycles. The molecule has 0 radical (unpaired) electrons. The molecule has 1 aliphatic rings. The maximum absolute atomic E-state index is 14.8. The second-order valence-corrected chi connectivity index (χ2v) is 6.72. The molecule has 0 atom stereocenters. The van der Waals surface area contributed by atoms with Gasteiger partial charge in [0.15, 0.2) is 0 Å². The van der Waals surface area contributed by atoms with Crippen molar-refractivity contribution in [1.29, 1.82) is 0 Å². The number of rotatable bonds is 6. The Bertz CT molecular complexity index is 1020. The number of imidazole rings is 1. The van der Waals surface area contributed by atoms with Crippen LogP contribution in [0.5, 0.6) is 11.8 Å². The molecule has 2 aromatic carbocycles. The summed E-state index contributed by atoms with van der Waals surface area (Å²) in [7, 11) is 1.42. The lowest BCUT2D eigenvalue weighted by molar-refractivity contribution is 0.122. The van der Waals surface area contributed by atoms with Gasteiger partial charge in [-0.15, -0.1) is 0 Å². The predicted octanol–water partition coefficient (Wildman–Crippen LogP) is 2.66. The Morgan fingerprint density at radius 1 is 1.23 bits per heavy atom. The second kappa shape index (κ2) is 9.00. The summed E-state index contributed by atoms with van der Waals surface area (Å²) in [6, 6.07) is 11.9. The molecule has 9 heteroatoms. The number of hydrogen-bond acceptors (Lipinski definition) is 6. The Balaban J connectivity index is 1.50. The van der Waals surface area contributed by atoms with Crippen molar-refractivity contribution in [2.45, 2.75) is 0 Å². The number of morpholine rings is 1. The number of hydrogen-bond donors (Lipinski definition) is 1. The highest BCUT2D eigenvalue weighted by molar-refractivity contribution is 5.92. The molecule has 1 N–H and O–H groups in total. The fourth-order valence-electron chi connectivity index (χ4n) is 3.37. The van der Waals surface area contributed by atoms with Gasteiger partial charge in [-0.1, -0.05) is 18.2 Å². The monoisotopic (exact) mass is 414 g/mol. The molecule has 0 bridgehead atoms. The number of aromatic nitrogens is 2. The van der Waals surface area contributed by atoms with Crippen LogP contribution >= 0.6 is 0 Å². The molecule has 1 fully saturated rings. The van der Waals surface area contributed by atoms with E-state index in [2.05, 4.69) is 10.3 Å². The van der Waals surface area contributed by atoms with Crippen LogP contribution in [-0.2, 0) is 4.74 Å². The number of para-hydroxylation sites is 1. The number of methoxy groups -OCH3 is 1. The Morgan fingerprint density at radius 2 is 2.00 bits per heavy atom. The molecule has 3 aromatic rings. The van der Waals surface area contributed by atoms with E-state index in [0.717, 1.165) is 5.75 Å². The third-order valence-electron chi connectivity index (χ3n) is 4.82. The number of nitrogens with zero attached hydrogens (tertiary/aromatic N) is 3. The van der Waals surface area contributed by atoms with Gasteiger partial charge in [0.05, 0.1) is 43.6 Å². The molecular weight excluding hydrogens is 391 g/mol. The van der Waals surface area contributed by atoms with Crippen LogP contribution in [0.25, 0.3) is 11.0 Å². The fraction of sp³-hybridized carbons (Fsp3) is 0.333. The van der Waals surface area contributed by atoms with Gasteiger partial charge in [0.25, 0.3) is 0 Å². The molecule has 8 nitrogen and oxygen atoms in total. The number of carbonyl (C=O) groups excluding carboxylic acids is 1. The number of halogens is 1. The quantitative estimate of drug-likeness (QED) is 0.625. The van der Waals surface area contributed by atoms with Crippen molar-refractivity contribution >= 4 is 22.8 Å². The van der Waals surface area contributed by atoms with Gasteiger partial charge in [0.1, 0.15) is 18.2 Å². The van der Waals surface area contributed by atoms with Crippen LogP contribution in [0.1, 0.15) is 0 Å². The van der Waals surface area contributed by atoms with Crippen LogP contribution in [0.15, 0.2) is 42.5 Å². The van der Waals surface area contributed by atoms with Gasteiger partial charge in [0, 0.05) is 19.2 Å². The van der Waals surface area contributed by atoms with E-state index in [9.17, 15) is 9.18 Å². The van der Waals surface area contributed by atoms with Crippen molar-refractivity contribution in [2.24, 2.45) is 0 Å². The van der Waals surface area contributed by atoms with E-state index in [0.29, 0.717) is 49.6 Å². The van der Waals surface area contributed by atoms with E-state index in [-0.39, 0.29) is 12.6 Å². The zero-order valence-electron chi connectivity index (χ0n) is 16.6. The number of amides is 1. The smallest absolute Gasteiger partial charge is 0.330 e. The topological polar surface area (TPSA) is 77.9 Å². The normalized spacial score (nSPS) is 14.0. The molecule has 1 aromatic heterocycles. The maximum Gasteiger partial charge on any atom is 0.330 e. The highest BCUT2D eigenvalue weighted by Gasteiger charge is 2.22. The highest BCUT2D eigenvalue weighted by atomic mass is 19.1. The van der Waals surface area contributed by atoms with Gasteiger partial charge in [-0.3, -0.25) is 0 Å². The number of benzene rings is 2. The van der Waals surface area contributed by atoms with Crippen LogP contribution in [0, 0.1) is 5.82 Å². The van der Waals surface area contributed by atoms with Crippen molar-refractivity contribution in [3.05, 3.63) is 48.3 Å². The first-order valence-corrected chi connectivity index (χ1v) is 9.72. The van der Waals surface area contributed by atoms with Gasteiger partial charge in [-0.2, -0.15) is 4.98 Å². The number of carbonyl (C=O) groups is 1. The van der Waals surface area contributed by atoms with Gasteiger partial charge >= 0.3 is 12.0 Å². The van der Waals surface area contributed by atoms with Crippen molar-refractivity contribution in [2.75, 3.05) is 51.5 Å². The summed E-state index contributed by atoms with van der Waals surface area (Å²) in [5.74, 6) is 0.295. The molecule has 1 aliphatic heterocycles. The zero-order valence-corrected chi connectivity index (χ0v) is 16.6. The lowest BCUT2D eigenvalue weighted by Gasteiger charge is -2.29. The van der Waals surface area contributed by atoms with E-state index in [1.54, 1.807) is 6.07 Å². The van der Waals surface area contributed by atoms with Gasteiger partial charge in [-0.05, 0) is 18.2 Å². The Labute approximate surface area is 173 Å². The van der Waals surface area contributed by atoms with Crippen LogP contribution in [0.4, 0.5) is 14.9 Å². The van der Waals surface area contributed by atoms with E-state index in [1.807, 2.05) is 35.2 Å². The molecule has 158 valence electrons. The second-order valence-electron chi connectivity index (χ2n) is 6.72. The third-order valence-corrected chi connectivity index (χ3v) is 4.82. The number of ether oxygens (including phenoxy) is 3. The molecule has 2 heterocycles. The van der Waals surface area contributed by atoms with Gasteiger partial charge in [-0.25, -0.2) is 13.8 Å². The van der Waals surface area contributed by atoms with E-state index in [1.165, 1.54) is 17.7 Å². The third kappa shape index (κ3) is 4.16. The molecule has 30 heavy (non-hydrogen) atoms. The predicted molar refractivity (Wildman–Crippen MR) is 110 cm³/mol. The molecule has 0 spiro atoms. The van der Waals surface area contributed by atoms with Gasteiger partial charge < -0.3 is 24.4 Å². The van der Waals surface area contributed by atoms with Crippen molar-refractivity contribution in [3.8, 4) is 11.8 Å². The minimum Gasteiger partial charge on any atom is -0.492 e. The highest BCUT2D eigenvalue weighted by Crippen LogP contribution is 2.29. The van der Waals surface area contributed by atoms with Crippen molar-refractivity contribution in [1.82, 2.24) is 14.9 Å². The Hall–Kier alpha value is -3.33. The maximum atomic E-state index is 14.8.